The zero-order valence-corrected chi connectivity index (χ0v) is 23.1. The fraction of sp³-hybridized carbons (Fsp3) is 0.364. The number of aliphatic carboxylic acids is 1. The van der Waals surface area contributed by atoms with Crippen LogP contribution in [-0.2, 0) is 20.9 Å². The second-order valence-electron chi connectivity index (χ2n) is 10.9. The maximum Gasteiger partial charge on any atom is 0.407 e. The summed E-state index contributed by atoms with van der Waals surface area (Å²) in [5, 5.41) is 14.7. The van der Waals surface area contributed by atoms with Crippen molar-refractivity contribution in [3.8, 4) is 11.1 Å². The first kappa shape index (κ1) is 28.4. The van der Waals surface area contributed by atoms with Crippen molar-refractivity contribution in [2.24, 2.45) is 5.92 Å². The molecule has 8 nitrogen and oxygen atoms in total. The molecule has 1 saturated heterocycles. The van der Waals surface area contributed by atoms with E-state index in [9.17, 15) is 19.5 Å². The lowest BCUT2D eigenvalue weighted by atomic mass is 9.98. The molecule has 2 unspecified atom stereocenters. The van der Waals surface area contributed by atoms with Crippen LogP contribution in [0, 0.1) is 5.92 Å². The van der Waals surface area contributed by atoms with Crippen molar-refractivity contribution in [3.63, 3.8) is 0 Å². The van der Waals surface area contributed by atoms with Crippen molar-refractivity contribution < 1.29 is 24.2 Å². The summed E-state index contributed by atoms with van der Waals surface area (Å²) in [7, 11) is 0. The fourth-order valence-electron chi connectivity index (χ4n) is 5.98. The van der Waals surface area contributed by atoms with Crippen molar-refractivity contribution in [1.82, 2.24) is 15.5 Å². The molecule has 1 aliphatic carbocycles. The molecule has 1 aliphatic heterocycles. The van der Waals surface area contributed by atoms with Crippen molar-refractivity contribution >= 4 is 18.0 Å². The third-order valence-electron chi connectivity index (χ3n) is 8.07. The smallest absolute Gasteiger partial charge is 0.407 e. The van der Waals surface area contributed by atoms with Crippen LogP contribution in [0.4, 0.5) is 4.79 Å². The zero-order chi connectivity index (χ0) is 28.6. The second kappa shape index (κ2) is 13.5. The molecule has 3 aromatic carbocycles. The van der Waals surface area contributed by atoms with Gasteiger partial charge in [-0.25, -0.2) is 4.79 Å². The van der Waals surface area contributed by atoms with Crippen LogP contribution >= 0.6 is 0 Å². The number of likely N-dealkylation sites (tertiary alicyclic amines) is 1. The van der Waals surface area contributed by atoms with Gasteiger partial charge in [0.15, 0.2) is 0 Å². The average Bonchev–Trinajstić information content (AvgIpc) is 3.56. The molecule has 0 aromatic heterocycles. The molecule has 3 aromatic rings. The summed E-state index contributed by atoms with van der Waals surface area (Å²) in [6.07, 6.45) is 0.916. The van der Waals surface area contributed by atoms with Gasteiger partial charge in [-0.3, -0.25) is 14.5 Å². The predicted octanol–water partition coefficient (Wildman–Crippen LogP) is 4.79. The van der Waals surface area contributed by atoms with Gasteiger partial charge < -0.3 is 20.5 Å². The van der Waals surface area contributed by atoms with E-state index in [0.717, 1.165) is 54.7 Å². The molecule has 0 bridgehead atoms. The molecule has 3 N–H and O–H groups in total. The summed E-state index contributed by atoms with van der Waals surface area (Å²) in [6.45, 7) is 3.52. The molecule has 41 heavy (non-hydrogen) atoms. The number of amides is 2. The Labute approximate surface area is 240 Å². The Morgan fingerprint density at radius 1 is 0.927 bits per heavy atom. The summed E-state index contributed by atoms with van der Waals surface area (Å²) >= 11 is 0. The molecule has 2 atom stereocenters. The molecule has 8 heteroatoms. The summed E-state index contributed by atoms with van der Waals surface area (Å²) < 4.78 is 5.59. The van der Waals surface area contributed by atoms with Gasteiger partial charge in [-0.05, 0) is 59.5 Å². The van der Waals surface area contributed by atoms with E-state index in [0.29, 0.717) is 12.5 Å². The lowest BCUT2D eigenvalue weighted by molar-refractivity contribution is -0.137. The zero-order valence-electron chi connectivity index (χ0n) is 23.1. The molecule has 214 valence electrons. The number of carboxylic acid groups (broad SMARTS) is 1. The molecule has 1 heterocycles. The van der Waals surface area contributed by atoms with Gasteiger partial charge in [0.25, 0.3) is 0 Å². The number of carbonyl (C=O) groups is 3. The Hall–Kier alpha value is -4.17. The van der Waals surface area contributed by atoms with E-state index >= 15 is 0 Å². The summed E-state index contributed by atoms with van der Waals surface area (Å²) in [5.74, 6) is -1.04. The van der Waals surface area contributed by atoms with Gasteiger partial charge in [-0.15, -0.1) is 0 Å². The molecular weight excluding hydrogens is 518 g/mol. The third kappa shape index (κ3) is 7.32. The van der Waals surface area contributed by atoms with Crippen molar-refractivity contribution in [3.05, 3.63) is 95.6 Å². The Morgan fingerprint density at radius 3 is 2.27 bits per heavy atom. The predicted molar refractivity (Wildman–Crippen MR) is 156 cm³/mol. The number of benzene rings is 3. The number of alkyl carbamates (subject to hydrolysis) is 1. The van der Waals surface area contributed by atoms with Crippen LogP contribution in [0.5, 0.6) is 0 Å². The van der Waals surface area contributed by atoms with E-state index < -0.39 is 18.1 Å². The molecule has 0 saturated carbocycles. The minimum atomic E-state index is -1.03. The van der Waals surface area contributed by atoms with Crippen molar-refractivity contribution in [2.75, 3.05) is 26.2 Å². The topological polar surface area (TPSA) is 108 Å². The summed E-state index contributed by atoms with van der Waals surface area (Å²) in [5.41, 5.74) is 5.73. The monoisotopic (exact) mass is 555 g/mol. The first-order valence-corrected chi connectivity index (χ1v) is 14.3. The normalized spacial score (nSPS) is 16.9. The van der Waals surface area contributed by atoms with Gasteiger partial charge in [0, 0.05) is 32.0 Å². The number of carbonyl (C=O) groups excluding carboxylic acids is 2. The Balaban J connectivity index is 1.10. The molecule has 0 radical (unpaired) electrons. The van der Waals surface area contributed by atoms with Crippen LogP contribution < -0.4 is 10.6 Å². The van der Waals surface area contributed by atoms with Gasteiger partial charge >= 0.3 is 12.1 Å². The van der Waals surface area contributed by atoms with Crippen LogP contribution in [0.25, 0.3) is 11.1 Å². The lowest BCUT2D eigenvalue weighted by Gasteiger charge is -2.20. The van der Waals surface area contributed by atoms with Crippen LogP contribution in [0.3, 0.4) is 0 Å². The van der Waals surface area contributed by atoms with E-state index in [2.05, 4.69) is 51.9 Å². The molecule has 1 fully saturated rings. The number of nitrogens with zero attached hydrogens (tertiary/aromatic N) is 1. The van der Waals surface area contributed by atoms with Gasteiger partial charge in [-0.2, -0.15) is 0 Å². The first-order chi connectivity index (χ1) is 20.0. The first-order valence-electron chi connectivity index (χ1n) is 14.3. The average molecular weight is 556 g/mol. The van der Waals surface area contributed by atoms with Gasteiger partial charge in [-0.1, -0.05) is 78.9 Å². The van der Waals surface area contributed by atoms with E-state index in [1.54, 1.807) is 0 Å². The van der Waals surface area contributed by atoms with E-state index in [4.69, 9.17) is 4.74 Å². The van der Waals surface area contributed by atoms with Gasteiger partial charge in [0.05, 0.1) is 0 Å². The Bertz CT molecular complexity index is 1320. The minimum Gasteiger partial charge on any atom is -0.481 e. The largest absolute Gasteiger partial charge is 0.481 e. The summed E-state index contributed by atoms with van der Waals surface area (Å²) in [4.78, 5) is 39.4. The fourth-order valence-corrected chi connectivity index (χ4v) is 5.98. The number of hydrogen-bond donors (Lipinski definition) is 3. The molecule has 2 amide bonds. The quantitative estimate of drug-likeness (QED) is 0.297. The van der Waals surface area contributed by atoms with Crippen LogP contribution in [0.15, 0.2) is 78.9 Å². The van der Waals surface area contributed by atoms with Crippen molar-refractivity contribution in [1.29, 1.82) is 0 Å². The third-order valence-corrected chi connectivity index (χ3v) is 8.07. The molecular formula is C33H37N3O5. The second-order valence-corrected chi connectivity index (χ2v) is 10.9. The number of rotatable bonds is 12. The Kier molecular flexibility index (Phi) is 9.31. The number of ether oxygens (including phenoxy) is 1. The standard InChI is InChI=1S/C33H37N3O5/c37-31(38)15-14-30(32(39)34-18-16-24-17-19-36(21-24)20-23-8-2-1-3-9-23)35-33(40)41-22-29-27-12-6-4-10-25(27)26-11-5-7-13-28(26)29/h1-13,24,29-30H,14-22H2,(H,34,39)(H,35,40)(H,37,38). The highest BCUT2D eigenvalue weighted by Gasteiger charge is 2.30. The van der Waals surface area contributed by atoms with Crippen molar-refractivity contribution in [2.45, 2.75) is 44.2 Å². The van der Waals surface area contributed by atoms with Gasteiger partial charge in [0.1, 0.15) is 12.6 Å². The molecule has 5 rings (SSSR count). The van der Waals surface area contributed by atoms with Crippen LogP contribution in [0.2, 0.25) is 0 Å². The van der Waals surface area contributed by atoms with E-state index in [1.807, 2.05) is 42.5 Å². The maximum atomic E-state index is 13.0. The Morgan fingerprint density at radius 2 is 1.59 bits per heavy atom. The summed E-state index contributed by atoms with van der Waals surface area (Å²) in [6, 6.07) is 25.5. The number of fused-ring (bicyclic) bond motifs is 3. The number of nitrogens with one attached hydrogen (secondary N) is 2. The SMILES string of the molecule is O=C(O)CCC(NC(=O)OCC1c2ccccc2-c2ccccc21)C(=O)NCCC1CCN(Cc2ccccc2)C1. The lowest BCUT2D eigenvalue weighted by Crippen LogP contribution is -2.47. The highest BCUT2D eigenvalue weighted by molar-refractivity contribution is 5.86. The highest BCUT2D eigenvalue weighted by Crippen LogP contribution is 2.44. The molecule has 0 spiro atoms. The number of hydrogen-bond acceptors (Lipinski definition) is 5. The maximum absolute atomic E-state index is 13.0. The molecule has 2 aliphatic rings. The van der Waals surface area contributed by atoms with E-state index in [1.165, 1.54) is 5.56 Å². The van der Waals surface area contributed by atoms with Crippen LogP contribution in [0.1, 0.15) is 48.3 Å². The van der Waals surface area contributed by atoms with Crippen LogP contribution in [-0.4, -0.2) is 60.3 Å². The van der Waals surface area contributed by atoms with Gasteiger partial charge in [0.2, 0.25) is 5.91 Å². The minimum absolute atomic E-state index is 0.0142. The highest BCUT2D eigenvalue weighted by atomic mass is 16.5. The van der Waals surface area contributed by atoms with E-state index in [-0.39, 0.29) is 31.3 Å². The number of carboxylic acids is 1.